The molecule has 0 aliphatic heterocycles. The van der Waals surface area contributed by atoms with Crippen molar-refractivity contribution in [1.29, 1.82) is 0 Å². The van der Waals surface area contributed by atoms with E-state index in [-0.39, 0.29) is 34.3 Å². The van der Waals surface area contributed by atoms with Crippen LogP contribution in [0, 0.1) is 6.92 Å². The van der Waals surface area contributed by atoms with Crippen molar-refractivity contribution >= 4 is 37.2 Å². The maximum atomic E-state index is 12.2. The quantitative estimate of drug-likeness (QED) is 0.694. The molecular weight excluding hydrogens is 410 g/mol. The molecular formula is C18H20ClNO5S2. The van der Waals surface area contributed by atoms with E-state index in [1.54, 1.807) is 12.1 Å². The van der Waals surface area contributed by atoms with E-state index in [4.69, 9.17) is 11.6 Å². The number of nitrogens with one attached hydrogen (secondary N) is 1. The maximum Gasteiger partial charge on any atom is 0.221 e. The fraction of sp³-hybridized carbons (Fsp3) is 0.278. The molecule has 0 spiro atoms. The highest BCUT2D eigenvalue weighted by Crippen LogP contribution is 2.15. The van der Waals surface area contributed by atoms with Gasteiger partial charge in [0, 0.05) is 18.0 Å². The number of benzene rings is 2. The van der Waals surface area contributed by atoms with E-state index < -0.39 is 25.6 Å². The first kappa shape index (κ1) is 21.4. The summed E-state index contributed by atoms with van der Waals surface area (Å²) in [5.41, 5.74) is 0.939. The normalized spacial score (nSPS) is 11.9. The fourth-order valence-corrected chi connectivity index (χ4v) is 4.79. The highest BCUT2D eigenvalue weighted by atomic mass is 35.5. The highest BCUT2D eigenvalue weighted by molar-refractivity contribution is 7.91. The van der Waals surface area contributed by atoms with Gasteiger partial charge >= 0.3 is 0 Å². The number of hydrogen-bond donors (Lipinski definition) is 1. The van der Waals surface area contributed by atoms with Gasteiger partial charge in [-0.1, -0.05) is 29.3 Å². The Labute approximate surface area is 164 Å². The molecule has 146 valence electrons. The molecule has 27 heavy (non-hydrogen) atoms. The van der Waals surface area contributed by atoms with E-state index in [1.165, 1.54) is 36.4 Å². The van der Waals surface area contributed by atoms with E-state index >= 15 is 0 Å². The van der Waals surface area contributed by atoms with Crippen molar-refractivity contribution in [2.75, 3.05) is 18.1 Å². The minimum absolute atomic E-state index is 0.103. The summed E-state index contributed by atoms with van der Waals surface area (Å²) >= 11 is 5.73. The highest BCUT2D eigenvalue weighted by Gasteiger charge is 2.18. The summed E-state index contributed by atoms with van der Waals surface area (Å²) in [6, 6.07) is 12.1. The van der Waals surface area contributed by atoms with Crippen LogP contribution in [0.4, 0.5) is 0 Å². The van der Waals surface area contributed by atoms with Crippen molar-refractivity contribution in [3.8, 4) is 0 Å². The largest absolute Gasteiger partial charge is 0.355 e. The van der Waals surface area contributed by atoms with Crippen LogP contribution in [0.1, 0.15) is 12.0 Å². The molecule has 0 bridgehead atoms. The molecule has 0 saturated carbocycles. The van der Waals surface area contributed by atoms with Gasteiger partial charge in [0.05, 0.1) is 21.3 Å². The third-order valence-electron chi connectivity index (χ3n) is 3.84. The van der Waals surface area contributed by atoms with Gasteiger partial charge in [-0.25, -0.2) is 16.8 Å². The maximum absolute atomic E-state index is 12.2. The van der Waals surface area contributed by atoms with E-state index in [2.05, 4.69) is 5.32 Å². The number of sulfone groups is 2. The minimum atomic E-state index is -3.56. The molecule has 0 aromatic heterocycles. The topological polar surface area (TPSA) is 97.4 Å². The number of amides is 1. The van der Waals surface area contributed by atoms with Gasteiger partial charge in [0.25, 0.3) is 0 Å². The van der Waals surface area contributed by atoms with Crippen molar-refractivity contribution in [3.63, 3.8) is 0 Å². The molecule has 0 radical (unpaired) electrons. The van der Waals surface area contributed by atoms with Gasteiger partial charge in [0.2, 0.25) is 5.91 Å². The summed E-state index contributed by atoms with van der Waals surface area (Å²) in [4.78, 5) is 12.1. The molecule has 0 fully saturated rings. The summed E-state index contributed by atoms with van der Waals surface area (Å²) in [6.07, 6.45) is -0.239. The third-order valence-corrected chi connectivity index (χ3v) is 7.56. The standard InChI is InChI=1S/C18H20ClNO5S2/c1-14-2-6-16(7-3-14)26(22,23)12-10-18(21)20-11-13-27(24,25)17-8-4-15(19)5-9-17/h2-9H,10-13H2,1H3,(H,20,21). The summed E-state index contributed by atoms with van der Waals surface area (Å²) in [7, 11) is -7.12. The number of carbonyl (C=O) groups excluding carboxylic acids is 1. The zero-order valence-corrected chi connectivity index (χ0v) is 17.1. The van der Waals surface area contributed by atoms with Crippen LogP contribution in [0.15, 0.2) is 58.3 Å². The van der Waals surface area contributed by atoms with Crippen LogP contribution < -0.4 is 5.32 Å². The lowest BCUT2D eigenvalue weighted by molar-refractivity contribution is -0.120. The van der Waals surface area contributed by atoms with Gasteiger partial charge in [-0.3, -0.25) is 4.79 Å². The molecule has 2 aromatic carbocycles. The zero-order valence-electron chi connectivity index (χ0n) is 14.7. The fourth-order valence-electron chi connectivity index (χ4n) is 2.26. The Kier molecular flexibility index (Phi) is 7.02. The van der Waals surface area contributed by atoms with Crippen molar-refractivity contribution < 1.29 is 21.6 Å². The second-order valence-electron chi connectivity index (χ2n) is 6.00. The molecule has 6 nitrogen and oxygen atoms in total. The molecule has 0 heterocycles. The number of hydrogen-bond acceptors (Lipinski definition) is 5. The Morgan fingerprint density at radius 3 is 1.89 bits per heavy atom. The Morgan fingerprint density at radius 2 is 1.33 bits per heavy atom. The average molecular weight is 430 g/mol. The molecule has 0 atom stereocenters. The van der Waals surface area contributed by atoms with Gasteiger partial charge < -0.3 is 5.32 Å². The molecule has 0 unspecified atom stereocenters. The SMILES string of the molecule is Cc1ccc(S(=O)(=O)CCC(=O)NCCS(=O)(=O)c2ccc(Cl)cc2)cc1. The molecule has 0 aliphatic rings. The molecule has 0 aliphatic carbocycles. The van der Waals surface area contributed by atoms with Crippen LogP contribution in [0.3, 0.4) is 0 Å². The van der Waals surface area contributed by atoms with Crippen molar-refractivity contribution in [2.45, 2.75) is 23.1 Å². The van der Waals surface area contributed by atoms with Crippen molar-refractivity contribution in [3.05, 3.63) is 59.1 Å². The first-order chi connectivity index (χ1) is 12.6. The van der Waals surface area contributed by atoms with Crippen LogP contribution in [0.2, 0.25) is 5.02 Å². The first-order valence-electron chi connectivity index (χ1n) is 8.15. The molecule has 0 saturated heterocycles. The first-order valence-corrected chi connectivity index (χ1v) is 11.8. The zero-order chi connectivity index (χ0) is 20.1. The number of halogens is 1. The number of aryl methyl sites for hydroxylation is 1. The van der Waals surface area contributed by atoms with Crippen LogP contribution in [-0.4, -0.2) is 40.8 Å². The van der Waals surface area contributed by atoms with E-state index in [0.29, 0.717) is 5.02 Å². The van der Waals surface area contributed by atoms with Crippen LogP contribution in [0.25, 0.3) is 0 Å². The third kappa shape index (κ3) is 6.34. The Bertz CT molecular complexity index is 999. The van der Waals surface area contributed by atoms with E-state index in [0.717, 1.165) is 5.56 Å². The van der Waals surface area contributed by atoms with E-state index in [9.17, 15) is 21.6 Å². The molecule has 9 heteroatoms. The van der Waals surface area contributed by atoms with Crippen molar-refractivity contribution in [1.82, 2.24) is 5.32 Å². The minimum Gasteiger partial charge on any atom is -0.355 e. The lowest BCUT2D eigenvalue weighted by Crippen LogP contribution is -2.30. The summed E-state index contributed by atoms with van der Waals surface area (Å²) < 4.78 is 48.7. The van der Waals surface area contributed by atoms with Gasteiger partial charge in [-0.05, 0) is 43.3 Å². The van der Waals surface area contributed by atoms with Gasteiger partial charge in [0.1, 0.15) is 0 Å². The lowest BCUT2D eigenvalue weighted by Gasteiger charge is -2.08. The second kappa shape index (κ2) is 8.86. The summed E-state index contributed by atoms with van der Waals surface area (Å²) in [5, 5.41) is 2.87. The van der Waals surface area contributed by atoms with Crippen molar-refractivity contribution in [2.24, 2.45) is 0 Å². The van der Waals surface area contributed by atoms with Gasteiger partial charge in [-0.15, -0.1) is 0 Å². The summed E-state index contributed by atoms with van der Waals surface area (Å²) in [6.45, 7) is 1.75. The molecule has 1 N–H and O–H groups in total. The predicted molar refractivity (Wildman–Crippen MR) is 104 cm³/mol. The Balaban J connectivity index is 1.84. The van der Waals surface area contributed by atoms with E-state index in [1.807, 2.05) is 6.92 Å². The molecule has 2 aromatic rings. The number of carbonyl (C=O) groups is 1. The summed E-state index contributed by atoms with van der Waals surface area (Å²) in [5.74, 6) is -1.14. The molecule has 2 rings (SSSR count). The monoisotopic (exact) mass is 429 g/mol. The smallest absolute Gasteiger partial charge is 0.221 e. The predicted octanol–water partition coefficient (Wildman–Crippen LogP) is 2.40. The second-order valence-corrected chi connectivity index (χ2v) is 10.7. The van der Waals surface area contributed by atoms with Crippen LogP contribution >= 0.6 is 11.6 Å². The van der Waals surface area contributed by atoms with Crippen LogP contribution in [0.5, 0.6) is 0 Å². The van der Waals surface area contributed by atoms with Gasteiger partial charge in [-0.2, -0.15) is 0 Å². The van der Waals surface area contributed by atoms with Gasteiger partial charge in [0.15, 0.2) is 19.7 Å². The Morgan fingerprint density at radius 1 is 0.852 bits per heavy atom. The lowest BCUT2D eigenvalue weighted by atomic mass is 10.2. The van der Waals surface area contributed by atoms with Crippen LogP contribution in [-0.2, 0) is 24.5 Å². The average Bonchev–Trinajstić information content (AvgIpc) is 2.61. The Hall–Kier alpha value is -1.90. The molecule has 1 amide bonds. The number of rotatable bonds is 8.